The number of ether oxygens (including phenoxy) is 1. The first-order valence-electron chi connectivity index (χ1n) is 6.45. The highest BCUT2D eigenvalue weighted by Crippen LogP contribution is 2.30. The first-order valence-corrected chi connectivity index (χ1v) is 6.45. The van der Waals surface area contributed by atoms with Gasteiger partial charge < -0.3 is 10.5 Å². The van der Waals surface area contributed by atoms with E-state index in [9.17, 15) is 13.2 Å². The minimum absolute atomic E-state index is 0.247. The average Bonchev–Trinajstić information content (AvgIpc) is 2.45. The summed E-state index contributed by atoms with van der Waals surface area (Å²) in [7, 11) is 0. The molecule has 0 aliphatic heterocycles. The predicted molar refractivity (Wildman–Crippen MR) is 72.6 cm³/mol. The van der Waals surface area contributed by atoms with Crippen molar-refractivity contribution < 1.29 is 17.9 Å². The van der Waals surface area contributed by atoms with Gasteiger partial charge in [0.05, 0.1) is 0 Å². The van der Waals surface area contributed by atoms with E-state index in [1.54, 1.807) is 24.5 Å². The normalized spacial score (nSPS) is 13.0. The molecule has 0 aliphatic carbocycles. The smallest absolute Gasteiger partial charge is 0.405 e. The molecule has 2 aromatic rings. The Labute approximate surface area is 120 Å². The number of hydrogen-bond donors (Lipinski definition) is 1. The van der Waals surface area contributed by atoms with E-state index in [0.29, 0.717) is 18.4 Å². The topological polar surface area (TPSA) is 48.1 Å². The summed E-state index contributed by atoms with van der Waals surface area (Å²) in [5.41, 5.74) is 7.33. The summed E-state index contributed by atoms with van der Waals surface area (Å²) in [5, 5.41) is 0. The second kappa shape index (κ2) is 6.58. The lowest BCUT2D eigenvalue weighted by atomic mass is 10.00. The molecular weight excluding hydrogens is 281 g/mol. The largest absolute Gasteiger partial charge is 0.573 e. The molecule has 112 valence electrons. The van der Waals surface area contributed by atoms with Crippen molar-refractivity contribution in [2.45, 2.75) is 25.2 Å². The summed E-state index contributed by atoms with van der Waals surface area (Å²) in [6.45, 7) is 0. The summed E-state index contributed by atoms with van der Waals surface area (Å²) in [6.07, 6.45) is -0.209. The van der Waals surface area contributed by atoms with Crippen molar-refractivity contribution in [1.29, 1.82) is 0 Å². The highest BCUT2D eigenvalue weighted by molar-refractivity contribution is 5.36. The number of rotatable bonds is 5. The van der Waals surface area contributed by atoms with Crippen LogP contribution in [0.1, 0.15) is 23.6 Å². The number of para-hydroxylation sites is 1. The zero-order chi connectivity index (χ0) is 15.3. The molecule has 1 heterocycles. The molecule has 1 unspecified atom stereocenters. The van der Waals surface area contributed by atoms with Crippen LogP contribution in [0.15, 0.2) is 48.8 Å². The minimum atomic E-state index is -4.72. The van der Waals surface area contributed by atoms with Crippen LogP contribution >= 0.6 is 0 Å². The molecular formula is C15H15F3N2O. The Morgan fingerprint density at radius 2 is 1.90 bits per heavy atom. The van der Waals surface area contributed by atoms with Crippen molar-refractivity contribution in [1.82, 2.24) is 4.98 Å². The van der Waals surface area contributed by atoms with Crippen LogP contribution in [0.25, 0.3) is 0 Å². The number of nitrogens with zero attached hydrogens (tertiary/aromatic N) is 1. The van der Waals surface area contributed by atoms with Gasteiger partial charge in [0.25, 0.3) is 0 Å². The molecule has 0 amide bonds. The van der Waals surface area contributed by atoms with E-state index in [0.717, 1.165) is 5.56 Å². The number of aromatic nitrogens is 1. The fraction of sp³-hybridized carbons (Fsp3) is 0.267. The Morgan fingerprint density at radius 3 is 2.57 bits per heavy atom. The molecule has 0 aliphatic rings. The molecule has 6 heteroatoms. The number of alkyl halides is 3. The number of aryl methyl sites for hydroxylation is 1. The number of hydrogen-bond acceptors (Lipinski definition) is 3. The predicted octanol–water partition coefficient (Wildman–Crippen LogP) is 3.61. The Balaban J connectivity index is 2.07. The van der Waals surface area contributed by atoms with E-state index in [2.05, 4.69) is 9.72 Å². The van der Waals surface area contributed by atoms with Crippen LogP contribution in [0.5, 0.6) is 5.75 Å². The molecule has 0 fully saturated rings. The van der Waals surface area contributed by atoms with Gasteiger partial charge in [-0.2, -0.15) is 0 Å². The Kier molecular flexibility index (Phi) is 4.80. The highest BCUT2D eigenvalue weighted by Gasteiger charge is 2.32. The van der Waals surface area contributed by atoms with Crippen molar-refractivity contribution in [2.24, 2.45) is 5.73 Å². The molecule has 3 nitrogen and oxygen atoms in total. The molecule has 0 radical (unpaired) electrons. The van der Waals surface area contributed by atoms with Crippen LogP contribution in [0.2, 0.25) is 0 Å². The van der Waals surface area contributed by atoms with Gasteiger partial charge in [-0.3, -0.25) is 4.98 Å². The highest BCUT2D eigenvalue weighted by atomic mass is 19.4. The first-order chi connectivity index (χ1) is 9.96. The molecule has 1 aromatic carbocycles. The second-order valence-electron chi connectivity index (χ2n) is 4.59. The fourth-order valence-corrected chi connectivity index (χ4v) is 2.03. The number of pyridine rings is 1. The van der Waals surface area contributed by atoms with Crippen LogP contribution in [0.4, 0.5) is 13.2 Å². The first kappa shape index (κ1) is 15.3. The van der Waals surface area contributed by atoms with Gasteiger partial charge in [-0.15, -0.1) is 13.2 Å². The lowest BCUT2D eigenvalue weighted by molar-refractivity contribution is -0.275. The van der Waals surface area contributed by atoms with Crippen LogP contribution in [-0.4, -0.2) is 11.3 Å². The van der Waals surface area contributed by atoms with Gasteiger partial charge in [-0.1, -0.05) is 24.3 Å². The number of benzene rings is 1. The second-order valence-corrected chi connectivity index (χ2v) is 4.59. The molecule has 0 saturated heterocycles. The van der Waals surface area contributed by atoms with Crippen LogP contribution in [0, 0.1) is 0 Å². The third-order valence-corrected chi connectivity index (χ3v) is 3.01. The quantitative estimate of drug-likeness (QED) is 0.917. The molecule has 2 rings (SSSR count). The Morgan fingerprint density at radius 1 is 1.14 bits per heavy atom. The van der Waals surface area contributed by atoms with E-state index in [1.165, 1.54) is 12.1 Å². The van der Waals surface area contributed by atoms with Crippen molar-refractivity contribution in [3.63, 3.8) is 0 Å². The summed E-state index contributed by atoms with van der Waals surface area (Å²) in [4.78, 5) is 3.99. The summed E-state index contributed by atoms with van der Waals surface area (Å²) >= 11 is 0. The Bertz CT molecular complexity index is 573. The monoisotopic (exact) mass is 296 g/mol. The molecule has 21 heavy (non-hydrogen) atoms. The third kappa shape index (κ3) is 4.75. The van der Waals surface area contributed by atoms with Crippen molar-refractivity contribution >= 4 is 0 Å². The molecule has 0 saturated carbocycles. The maximum absolute atomic E-state index is 12.4. The lowest BCUT2D eigenvalue weighted by Gasteiger charge is -2.17. The van der Waals surface area contributed by atoms with E-state index >= 15 is 0 Å². The van der Waals surface area contributed by atoms with Crippen molar-refractivity contribution in [3.8, 4) is 5.75 Å². The zero-order valence-electron chi connectivity index (χ0n) is 11.2. The van der Waals surface area contributed by atoms with Gasteiger partial charge >= 0.3 is 6.36 Å². The fourth-order valence-electron chi connectivity index (χ4n) is 2.03. The van der Waals surface area contributed by atoms with E-state index in [4.69, 9.17) is 5.73 Å². The summed E-state index contributed by atoms with van der Waals surface area (Å²) in [5.74, 6) is -0.247. The minimum Gasteiger partial charge on any atom is -0.405 e. The van der Waals surface area contributed by atoms with Crippen molar-refractivity contribution in [3.05, 3.63) is 59.9 Å². The number of halogens is 3. The van der Waals surface area contributed by atoms with Gasteiger partial charge in [0, 0.05) is 24.0 Å². The Hall–Kier alpha value is -2.08. The van der Waals surface area contributed by atoms with Gasteiger partial charge in [-0.05, 0) is 30.5 Å². The van der Waals surface area contributed by atoms with Gasteiger partial charge in [0.2, 0.25) is 0 Å². The summed E-state index contributed by atoms with van der Waals surface area (Å²) in [6, 6.07) is 9.12. The van der Waals surface area contributed by atoms with Crippen molar-refractivity contribution in [2.75, 3.05) is 0 Å². The van der Waals surface area contributed by atoms with E-state index in [-0.39, 0.29) is 5.75 Å². The third-order valence-electron chi connectivity index (χ3n) is 3.01. The standard InChI is InChI=1S/C15H15F3N2O/c16-15(17,18)21-14-6-2-1-5-12(14)13(19)8-7-11-4-3-9-20-10-11/h1-6,9-10,13H,7-8,19H2. The molecule has 0 spiro atoms. The molecule has 1 aromatic heterocycles. The van der Waals surface area contributed by atoms with Gasteiger partial charge in [0.1, 0.15) is 5.75 Å². The van der Waals surface area contributed by atoms with Gasteiger partial charge in [0.15, 0.2) is 0 Å². The van der Waals surface area contributed by atoms with E-state index < -0.39 is 12.4 Å². The number of nitrogens with two attached hydrogens (primary N) is 1. The molecule has 1 atom stereocenters. The zero-order valence-corrected chi connectivity index (χ0v) is 11.2. The average molecular weight is 296 g/mol. The maximum Gasteiger partial charge on any atom is 0.573 e. The van der Waals surface area contributed by atoms with Crippen LogP contribution < -0.4 is 10.5 Å². The molecule has 2 N–H and O–H groups in total. The SMILES string of the molecule is NC(CCc1cccnc1)c1ccccc1OC(F)(F)F. The maximum atomic E-state index is 12.4. The molecule has 0 bridgehead atoms. The van der Waals surface area contributed by atoms with E-state index in [1.807, 2.05) is 12.1 Å². The van der Waals surface area contributed by atoms with Crippen LogP contribution in [0.3, 0.4) is 0 Å². The summed E-state index contributed by atoms with van der Waals surface area (Å²) < 4.78 is 41.1. The lowest BCUT2D eigenvalue weighted by Crippen LogP contribution is -2.20. The van der Waals surface area contributed by atoms with Gasteiger partial charge in [-0.25, -0.2) is 0 Å². The van der Waals surface area contributed by atoms with Crippen LogP contribution in [-0.2, 0) is 6.42 Å².